The van der Waals surface area contributed by atoms with E-state index in [2.05, 4.69) is 10.2 Å². The number of sulfone groups is 1. The Morgan fingerprint density at radius 1 is 1.56 bits per heavy atom. The van der Waals surface area contributed by atoms with Crippen molar-refractivity contribution in [3.63, 3.8) is 0 Å². The molecular weight excluding hydrogens is 250 g/mol. The molecule has 0 aliphatic heterocycles. The molecule has 0 aromatic carbocycles. The number of aromatic amines is 1. The Kier molecular flexibility index (Phi) is 3.56. The number of aliphatic hydroxyl groups is 1. The third-order valence-electron chi connectivity index (χ3n) is 2.52. The van der Waals surface area contributed by atoms with Crippen LogP contribution in [0.15, 0.2) is 0 Å². The lowest BCUT2D eigenvalue weighted by Gasteiger charge is -2.23. The van der Waals surface area contributed by atoms with Gasteiger partial charge in [-0.1, -0.05) is 0 Å². The van der Waals surface area contributed by atoms with E-state index >= 15 is 0 Å². The Morgan fingerprint density at radius 3 is 2.56 bits per heavy atom. The Hall–Kier alpha value is -0.730. The molecule has 0 aliphatic carbocycles. The molecule has 0 radical (unpaired) electrons. The molecule has 92 valence electrons. The van der Waals surface area contributed by atoms with Crippen LogP contribution in [0.25, 0.3) is 0 Å². The van der Waals surface area contributed by atoms with Crippen molar-refractivity contribution in [1.29, 1.82) is 0 Å². The highest BCUT2D eigenvalue weighted by atomic mass is 32.2. The highest BCUT2D eigenvalue weighted by Crippen LogP contribution is 2.18. The van der Waals surface area contributed by atoms with Crippen LogP contribution in [0.2, 0.25) is 0 Å². The number of aromatic nitrogens is 3. The van der Waals surface area contributed by atoms with Gasteiger partial charge in [0.2, 0.25) is 0 Å². The maximum atomic E-state index is 11.5. The van der Waals surface area contributed by atoms with Gasteiger partial charge in [-0.3, -0.25) is 5.10 Å². The average molecular weight is 265 g/mol. The van der Waals surface area contributed by atoms with Crippen LogP contribution < -0.4 is 0 Å². The van der Waals surface area contributed by atoms with Crippen molar-refractivity contribution in [2.75, 3.05) is 6.26 Å². The molecule has 0 unspecified atom stereocenters. The SMILES string of the molecule is CC(C)(Cn1c(CO)n[nH]c1=S)S(C)(=O)=O. The van der Waals surface area contributed by atoms with Crippen molar-refractivity contribution in [3.05, 3.63) is 10.6 Å². The molecule has 1 aromatic heterocycles. The summed E-state index contributed by atoms with van der Waals surface area (Å²) in [5.74, 6) is 0.335. The minimum absolute atomic E-state index is 0.164. The molecule has 0 saturated carbocycles. The van der Waals surface area contributed by atoms with Gasteiger partial charge in [0.05, 0.1) is 4.75 Å². The second-order valence-electron chi connectivity index (χ2n) is 4.22. The topological polar surface area (TPSA) is 88.0 Å². The van der Waals surface area contributed by atoms with E-state index in [1.807, 2.05) is 0 Å². The summed E-state index contributed by atoms with van der Waals surface area (Å²) in [5.41, 5.74) is 0. The van der Waals surface area contributed by atoms with Gasteiger partial charge in [-0.2, -0.15) is 5.10 Å². The van der Waals surface area contributed by atoms with Crippen molar-refractivity contribution in [1.82, 2.24) is 14.8 Å². The van der Waals surface area contributed by atoms with E-state index in [-0.39, 0.29) is 13.2 Å². The first-order chi connectivity index (χ1) is 7.19. The Labute approximate surface area is 99.2 Å². The molecule has 1 heterocycles. The molecule has 1 aromatic rings. The highest BCUT2D eigenvalue weighted by molar-refractivity contribution is 7.92. The molecule has 8 heteroatoms. The monoisotopic (exact) mass is 265 g/mol. The number of rotatable bonds is 4. The van der Waals surface area contributed by atoms with Gasteiger partial charge in [0, 0.05) is 12.8 Å². The minimum atomic E-state index is -3.21. The molecular formula is C8H15N3O3S2. The first-order valence-corrected chi connectivity index (χ1v) is 6.93. The Morgan fingerprint density at radius 2 is 2.12 bits per heavy atom. The van der Waals surface area contributed by atoms with Crippen molar-refractivity contribution in [2.45, 2.75) is 31.7 Å². The minimum Gasteiger partial charge on any atom is -0.388 e. The van der Waals surface area contributed by atoms with E-state index in [0.717, 1.165) is 0 Å². The van der Waals surface area contributed by atoms with Crippen LogP contribution in [0.3, 0.4) is 0 Å². The molecule has 6 nitrogen and oxygen atoms in total. The van der Waals surface area contributed by atoms with E-state index in [1.54, 1.807) is 13.8 Å². The van der Waals surface area contributed by atoms with E-state index < -0.39 is 14.6 Å². The third-order valence-corrected chi connectivity index (χ3v) is 4.97. The summed E-state index contributed by atoms with van der Waals surface area (Å²) in [6.45, 7) is 3.10. The molecule has 0 bridgehead atoms. The maximum absolute atomic E-state index is 11.5. The summed E-state index contributed by atoms with van der Waals surface area (Å²) in [4.78, 5) is 0. The fourth-order valence-electron chi connectivity index (χ4n) is 1.13. The molecule has 0 amide bonds. The van der Waals surface area contributed by atoms with Crippen LogP contribution >= 0.6 is 12.2 Å². The van der Waals surface area contributed by atoms with Crippen molar-refractivity contribution in [2.24, 2.45) is 0 Å². The predicted molar refractivity (Wildman–Crippen MR) is 62.3 cm³/mol. The van der Waals surface area contributed by atoms with E-state index in [0.29, 0.717) is 10.6 Å². The molecule has 0 spiro atoms. The lowest BCUT2D eigenvalue weighted by molar-refractivity contribution is 0.262. The number of hydrogen-bond donors (Lipinski definition) is 2. The summed E-state index contributed by atoms with van der Waals surface area (Å²) < 4.78 is 23.9. The number of aliphatic hydroxyl groups excluding tert-OH is 1. The van der Waals surface area contributed by atoms with Gasteiger partial charge in [0.15, 0.2) is 20.4 Å². The zero-order chi connectivity index (χ0) is 12.6. The summed E-state index contributed by atoms with van der Waals surface area (Å²) in [5, 5.41) is 15.4. The second-order valence-corrected chi connectivity index (χ2v) is 7.26. The zero-order valence-electron chi connectivity index (χ0n) is 9.39. The zero-order valence-corrected chi connectivity index (χ0v) is 11.0. The van der Waals surface area contributed by atoms with Crippen LogP contribution in [0.5, 0.6) is 0 Å². The molecule has 0 saturated heterocycles. The smallest absolute Gasteiger partial charge is 0.195 e. The van der Waals surface area contributed by atoms with Gasteiger partial charge in [-0.05, 0) is 26.1 Å². The van der Waals surface area contributed by atoms with Gasteiger partial charge in [-0.15, -0.1) is 0 Å². The van der Waals surface area contributed by atoms with Gasteiger partial charge < -0.3 is 9.67 Å². The van der Waals surface area contributed by atoms with Crippen molar-refractivity contribution in [3.8, 4) is 0 Å². The highest BCUT2D eigenvalue weighted by Gasteiger charge is 2.31. The van der Waals surface area contributed by atoms with Crippen molar-refractivity contribution >= 4 is 22.1 Å². The quantitative estimate of drug-likeness (QED) is 0.762. The normalized spacial score (nSPS) is 13.0. The fraction of sp³-hybridized carbons (Fsp3) is 0.750. The van der Waals surface area contributed by atoms with Crippen LogP contribution in [0, 0.1) is 4.77 Å². The average Bonchev–Trinajstić information content (AvgIpc) is 2.45. The molecule has 0 fully saturated rings. The van der Waals surface area contributed by atoms with E-state index in [4.69, 9.17) is 17.3 Å². The van der Waals surface area contributed by atoms with Crippen LogP contribution in [0.1, 0.15) is 19.7 Å². The largest absolute Gasteiger partial charge is 0.388 e. The van der Waals surface area contributed by atoms with Gasteiger partial charge in [0.25, 0.3) is 0 Å². The van der Waals surface area contributed by atoms with Crippen LogP contribution in [-0.4, -0.2) is 39.3 Å². The van der Waals surface area contributed by atoms with Crippen LogP contribution in [-0.2, 0) is 23.0 Å². The molecule has 0 atom stereocenters. The van der Waals surface area contributed by atoms with E-state index in [9.17, 15) is 8.42 Å². The van der Waals surface area contributed by atoms with Crippen molar-refractivity contribution < 1.29 is 13.5 Å². The summed E-state index contributed by atoms with van der Waals surface area (Å²) in [6, 6.07) is 0. The van der Waals surface area contributed by atoms with E-state index in [1.165, 1.54) is 10.8 Å². The summed E-state index contributed by atoms with van der Waals surface area (Å²) in [6.07, 6.45) is 1.18. The Balaban J connectivity index is 3.15. The maximum Gasteiger partial charge on any atom is 0.195 e. The standard InChI is InChI=1S/C8H15N3O3S2/c1-8(2,16(3,13)14)5-11-6(4-12)9-10-7(11)15/h12H,4-5H2,1-3H3,(H,10,15). The first kappa shape index (κ1) is 13.3. The Bertz CT molecular complexity index is 527. The van der Waals surface area contributed by atoms with Gasteiger partial charge in [0.1, 0.15) is 6.61 Å². The predicted octanol–water partition coefficient (Wildman–Crippen LogP) is 0.256. The molecule has 16 heavy (non-hydrogen) atoms. The molecule has 1 rings (SSSR count). The number of hydrogen-bond acceptors (Lipinski definition) is 5. The second kappa shape index (κ2) is 4.27. The number of nitrogens with zero attached hydrogens (tertiary/aromatic N) is 2. The third kappa shape index (κ3) is 2.50. The summed E-state index contributed by atoms with van der Waals surface area (Å²) >= 11 is 4.97. The molecule has 0 aliphatic rings. The lowest BCUT2D eigenvalue weighted by atomic mass is 10.2. The number of H-pyrrole nitrogens is 1. The first-order valence-electron chi connectivity index (χ1n) is 4.63. The lowest BCUT2D eigenvalue weighted by Crippen LogP contribution is -2.36. The number of nitrogens with one attached hydrogen (secondary N) is 1. The summed E-state index contributed by atoms with van der Waals surface area (Å²) in [7, 11) is -3.21. The molecule has 2 N–H and O–H groups in total. The van der Waals surface area contributed by atoms with Gasteiger partial charge >= 0.3 is 0 Å². The van der Waals surface area contributed by atoms with Gasteiger partial charge in [-0.25, -0.2) is 8.42 Å². The van der Waals surface area contributed by atoms with Crippen LogP contribution in [0.4, 0.5) is 0 Å². The fourth-order valence-corrected chi connectivity index (χ4v) is 1.71.